The van der Waals surface area contributed by atoms with Gasteiger partial charge in [0.2, 0.25) is 0 Å². The van der Waals surface area contributed by atoms with Crippen LogP contribution in [0.25, 0.3) is 0 Å². The molecular formula is C15H28. The molecule has 0 N–H and O–H groups in total. The molecule has 0 aromatic carbocycles. The summed E-state index contributed by atoms with van der Waals surface area (Å²) < 4.78 is 0. The van der Waals surface area contributed by atoms with E-state index in [4.69, 9.17) is 0 Å². The van der Waals surface area contributed by atoms with E-state index in [0.29, 0.717) is 0 Å². The molecule has 0 amide bonds. The maximum Gasteiger partial charge on any atom is -0.0350 e. The first-order valence-electron chi connectivity index (χ1n) is 7.15. The van der Waals surface area contributed by atoms with Crippen molar-refractivity contribution in [2.24, 2.45) is 35.5 Å². The smallest absolute Gasteiger partial charge is 0.0350 e. The molecule has 6 atom stereocenters. The van der Waals surface area contributed by atoms with Crippen LogP contribution in [0.15, 0.2) is 0 Å². The van der Waals surface area contributed by atoms with Crippen molar-refractivity contribution in [2.75, 3.05) is 0 Å². The number of fused-ring (bicyclic) bond motifs is 1. The van der Waals surface area contributed by atoms with Crippen LogP contribution in [0.2, 0.25) is 0 Å². The summed E-state index contributed by atoms with van der Waals surface area (Å²) in [7, 11) is 0. The van der Waals surface area contributed by atoms with Crippen LogP contribution in [-0.2, 0) is 0 Å². The molecule has 0 aromatic heterocycles. The predicted octanol–water partition coefficient (Wildman–Crippen LogP) is 4.74. The molecule has 0 radical (unpaired) electrons. The molecule has 0 heteroatoms. The van der Waals surface area contributed by atoms with Gasteiger partial charge < -0.3 is 0 Å². The lowest BCUT2D eigenvalue weighted by Crippen LogP contribution is -2.25. The summed E-state index contributed by atoms with van der Waals surface area (Å²) in [4.78, 5) is 0. The second-order valence-corrected chi connectivity index (χ2v) is 6.42. The molecule has 2 saturated carbocycles. The molecule has 2 aliphatic carbocycles. The van der Waals surface area contributed by atoms with Gasteiger partial charge in [-0.3, -0.25) is 0 Å². The summed E-state index contributed by atoms with van der Waals surface area (Å²) in [5.41, 5.74) is 0. The summed E-state index contributed by atoms with van der Waals surface area (Å²) in [5, 5.41) is 0. The van der Waals surface area contributed by atoms with Gasteiger partial charge in [-0.25, -0.2) is 0 Å². The lowest BCUT2D eigenvalue weighted by atomic mass is 9.71. The van der Waals surface area contributed by atoms with E-state index >= 15 is 0 Å². The number of hydrogen-bond acceptors (Lipinski definition) is 0. The van der Waals surface area contributed by atoms with Gasteiger partial charge in [-0.05, 0) is 48.3 Å². The zero-order valence-corrected chi connectivity index (χ0v) is 11.0. The third-order valence-corrected chi connectivity index (χ3v) is 5.57. The number of rotatable bonds is 2. The molecule has 0 spiro atoms. The molecule has 0 aromatic rings. The minimum Gasteiger partial charge on any atom is -0.0654 e. The molecule has 0 saturated heterocycles. The molecule has 0 nitrogen and oxygen atoms in total. The first kappa shape index (κ1) is 11.5. The van der Waals surface area contributed by atoms with Crippen molar-refractivity contribution in [3.8, 4) is 0 Å². The highest BCUT2D eigenvalue weighted by atomic mass is 14.5. The zero-order chi connectivity index (χ0) is 11.0. The Morgan fingerprint density at radius 1 is 0.933 bits per heavy atom. The van der Waals surface area contributed by atoms with Gasteiger partial charge in [-0.2, -0.15) is 0 Å². The van der Waals surface area contributed by atoms with Crippen LogP contribution in [0.5, 0.6) is 0 Å². The molecular weight excluding hydrogens is 180 g/mol. The van der Waals surface area contributed by atoms with Crippen molar-refractivity contribution < 1.29 is 0 Å². The first-order valence-corrected chi connectivity index (χ1v) is 7.15. The Balaban J connectivity index is 2.10. The van der Waals surface area contributed by atoms with E-state index in [2.05, 4.69) is 27.7 Å². The van der Waals surface area contributed by atoms with Crippen molar-refractivity contribution in [1.82, 2.24) is 0 Å². The van der Waals surface area contributed by atoms with Crippen molar-refractivity contribution in [1.29, 1.82) is 0 Å². The lowest BCUT2D eigenvalue weighted by Gasteiger charge is -2.34. The van der Waals surface area contributed by atoms with E-state index in [1.54, 1.807) is 0 Å². The third-order valence-electron chi connectivity index (χ3n) is 5.57. The number of hydrogen-bond donors (Lipinski definition) is 0. The zero-order valence-electron chi connectivity index (χ0n) is 11.0. The Morgan fingerprint density at radius 2 is 1.67 bits per heavy atom. The summed E-state index contributed by atoms with van der Waals surface area (Å²) in [5.74, 6) is 6.21. The molecule has 15 heavy (non-hydrogen) atoms. The largest absolute Gasteiger partial charge is 0.0654 e. The fourth-order valence-electron chi connectivity index (χ4n) is 4.57. The Bertz CT molecular complexity index is 208. The van der Waals surface area contributed by atoms with E-state index in [1.165, 1.54) is 32.1 Å². The summed E-state index contributed by atoms with van der Waals surface area (Å²) in [6, 6.07) is 0. The normalized spacial score (nSPS) is 50.4. The average Bonchev–Trinajstić information content (AvgIpc) is 2.44. The van der Waals surface area contributed by atoms with Crippen LogP contribution < -0.4 is 0 Å². The maximum atomic E-state index is 2.52. The Morgan fingerprint density at radius 3 is 2.33 bits per heavy atom. The second-order valence-electron chi connectivity index (χ2n) is 6.42. The summed E-state index contributed by atoms with van der Waals surface area (Å²) >= 11 is 0. The highest BCUT2D eigenvalue weighted by Crippen LogP contribution is 2.54. The van der Waals surface area contributed by atoms with Gasteiger partial charge in [-0.1, -0.05) is 47.0 Å². The quantitative estimate of drug-likeness (QED) is 0.615. The molecule has 6 unspecified atom stereocenters. The van der Waals surface area contributed by atoms with Crippen molar-refractivity contribution in [2.45, 2.75) is 59.8 Å². The summed E-state index contributed by atoms with van der Waals surface area (Å²) in [6.07, 6.45) is 7.43. The Labute approximate surface area is 95.8 Å². The van der Waals surface area contributed by atoms with Crippen LogP contribution in [0.1, 0.15) is 59.8 Å². The van der Waals surface area contributed by atoms with E-state index < -0.39 is 0 Å². The summed E-state index contributed by atoms with van der Waals surface area (Å²) in [6.45, 7) is 9.87. The minimum absolute atomic E-state index is 0.991. The SMILES string of the molecule is CCCC1C(C)C(C)C2CCC(C)CC12. The Hall–Kier alpha value is 0. The topological polar surface area (TPSA) is 0 Å². The van der Waals surface area contributed by atoms with Gasteiger partial charge in [0, 0.05) is 0 Å². The Kier molecular flexibility index (Phi) is 3.42. The monoisotopic (exact) mass is 208 g/mol. The van der Waals surface area contributed by atoms with Crippen molar-refractivity contribution >= 4 is 0 Å². The van der Waals surface area contributed by atoms with Crippen LogP contribution in [0.4, 0.5) is 0 Å². The second kappa shape index (κ2) is 4.47. The standard InChI is InChI=1S/C15H28/c1-5-6-13-11(3)12(4)14-8-7-10(2)9-15(13)14/h10-15H,5-9H2,1-4H3. The van der Waals surface area contributed by atoms with Gasteiger partial charge >= 0.3 is 0 Å². The minimum atomic E-state index is 0.991. The van der Waals surface area contributed by atoms with E-state index in [9.17, 15) is 0 Å². The third kappa shape index (κ3) is 1.97. The maximum absolute atomic E-state index is 2.52. The molecule has 88 valence electrons. The lowest BCUT2D eigenvalue weighted by molar-refractivity contribution is 0.160. The molecule has 0 aliphatic heterocycles. The van der Waals surface area contributed by atoms with Crippen LogP contribution in [0.3, 0.4) is 0 Å². The fraction of sp³-hybridized carbons (Fsp3) is 1.00. The van der Waals surface area contributed by atoms with Gasteiger partial charge in [0.25, 0.3) is 0 Å². The molecule has 2 fully saturated rings. The fourth-order valence-corrected chi connectivity index (χ4v) is 4.57. The first-order chi connectivity index (χ1) is 7.15. The van der Waals surface area contributed by atoms with E-state index in [0.717, 1.165) is 35.5 Å². The molecule has 0 heterocycles. The van der Waals surface area contributed by atoms with Gasteiger partial charge in [0.1, 0.15) is 0 Å². The van der Waals surface area contributed by atoms with Crippen molar-refractivity contribution in [3.63, 3.8) is 0 Å². The molecule has 2 aliphatic rings. The highest BCUT2D eigenvalue weighted by Gasteiger charge is 2.46. The van der Waals surface area contributed by atoms with Crippen LogP contribution >= 0.6 is 0 Å². The van der Waals surface area contributed by atoms with E-state index in [1.807, 2.05) is 0 Å². The van der Waals surface area contributed by atoms with Crippen LogP contribution in [0, 0.1) is 35.5 Å². The van der Waals surface area contributed by atoms with Gasteiger partial charge in [0.05, 0.1) is 0 Å². The highest BCUT2D eigenvalue weighted by molar-refractivity contribution is 4.96. The predicted molar refractivity (Wildman–Crippen MR) is 66.7 cm³/mol. The van der Waals surface area contributed by atoms with Crippen LogP contribution in [-0.4, -0.2) is 0 Å². The molecule has 2 rings (SSSR count). The van der Waals surface area contributed by atoms with E-state index in [-0.39, 0.29) is 0 Å². The van der Waals surface area contributed by atoms with Crippen molar-refractivity contribution in [3.05, 3.63) is 0 Å². The average molecular weight is 208 g/mol. The van der Waals surface area contributed by atoms with Gasteiger partial charge in [0.15, 0.2) is 0 Å². The van der Waals surface area contributed by atoms with Gasteiger partial charge in [-0.15, -0.1) is 0 Å². The molecule has 0 bridgehead atoms.